The third kappa shape index (κ3) is 6.26. The smallest absolute Gasteiger partial charge is 0.119 e. The predicted molar refractivity (Wildman–Crippen MR) is 99.1 cm³/mol. The number of likely N-dealkylation sites (tertiary alicyclic amines) is 1. The molecule has 0 radical (unpaired) electrons. The molecule has 0 bridgehead atoms. The molecule has 1 aromatic carbocycles. The lowest BCUT2D eigenvalue weighted by atomic mass is 9.96. The lowest BCUT2D eigenvalue weighted by Gasteiger charge is -2.36. The summed E-state index contributed by atoms with van der Waals surface area (Å²) >= 11 is 0. The van der Waals surface area contributed by atoms with Crippen molar-refractivity contribution >= 4 is 0 Å². The van der Waals surface area contributed by atoms with E-state index in [4.69, 9.17) is 9.47 Å². The van der Waals surface area contributed by atoms with Crippen LogP contribution in [-0.4, -0.2) is 80.1 Å². The molecule has 1 unspecified atom stereocenters. The van der Waals surface area contributed by atoms with Gasteiger partial charge in [0.1, 0.15) is 18.5 Å². The van der Waals surface area contributed by atoms with Crippen molar-refractivity contribution in [1.29, 1.82) is 0 Å². The molecule has 3 rings (SSSR count). The fourth-order valence-corrected chi connectivity index (χ4v) is 3.68. The number of aliphatic hydroxyl groups is 1. The van der Waals surface area contributed by atoms with Gasteiger partial charge in [-0.15, -0.1) is 0 Å². The maximum Gasteiger partial charge on any atom is 0.119 e. The normalized spacial score (nSPS) is 22.0. The first-order chi connectivity index (χ1) is 12.2. The van der Waals surface area contributed by atoms with Gasteiger partial charge in [-0.2, -0.15) is 0 Å². The highest BCUT2D eigenvalue weighted by molar-refractivity contribution is 5.26. The Morgan fingerprint density at radius 1 is 1.08 bits per heavy atom. The van der Waals surface area contributed by atoms with Crippen LogP contribution in [0.3, 0.4) is 0 Å². The van der Waals surface area contributed by atoms with Crippen molar-refractivity contribution in [3.63, 3.8) is 0 Å². The molecule has 2 saturated heterocycles. The Hall–Kier alpha value is -1.14. The van der Waals surface area contributed by atoms with Crippen LogP contribution in [0.1, 0.15) is 18.4 Å². The molecule has 1 atom stereocenters. The summed E-state index contributed by atoms with van der Waals surface area (Å²) in [6, 6.07) is 7.97. The molecule has 1 N–H and O–H groups in total. The summed E-state index contributed by atoms with van der Waals surface area (Å²) in [5.41, 5.74) is 1.22. The Morgan fingerprint density at radius 2 is 1.76 bits per heavy atom. The zero-order valence-electron chi connectivity index (χ0n) is 15.4. The summed E-state index contributed by atoms with van der Waals surface area (Å²) in [6.45, 7) is 10.4. The number of morpholine rings is 1. The van der Waals surface area contributed by atoms with Crippen LogP contribution < -0.4 is 4.74 Å². The number of piperidine rings is 1. The second-order valence-corrected chi connectivity index (χ2v) is 7.43. The van der Waals surface area contributed by atoms with Crippen molar-refractivity contribution < 1.29 is 14.6 Å². The second-order valence-electron chi connectivity index (χ2n) is 7.43. The van der Waals surface area contributed by atoms with Gasteiger partial charge in [0.05, 0.1) is 13.2 Å². The molecular weight excluding hydrogens is 316 g/mol. The molecule has 2 aliphatic rings. The van der Waals surface area contributed by atoms with E-state index in [1.165, 1.54) is 24.9 Å². The van der Waals surface area contributed by atoms with Crippen molar-refractivity contribution in [1.82, 2.24) is 9.80 Å². The van der Waals surface area contributed by atoms with Crippen LogP contribution in [0.15, 0.2) is 24.3 Å². The minimum Gasteiger partial charge on any atom is -0.491 e. The number of nitrogens with zero attached hydrogens (tertiary/aromatic N) is 2. The molecule has 0 saturated carbocycles. The SMILES string of the molecule is Cc1ccc(OCC(O)CN2CCC(CN3CCOCC3)CC2)cc1. The van der Waals surface area contributed by atoms with Gasteiger partial charge >= 0.3 is 0 Å². The summed E-state index contributed by atoms with van der Waals surface area (Å²) in [5.74, 6) is 1.61. The van der Waals surface area contributed by atoms with Gasteiger partial charge in [0.25, 0.3) is 0 Å². The Labute approximate surface area is 151 Å². The molecule has 0 amide bonds. The maximum atomic E-state index is 10.3. The van der Waals surface area contributed by atoms with Gasteiger partial charge in [0.15, 0.2) is 0 Å². The molecule has 0 spiro atoms. The van der Waals surface area contributed by atoms with E-state index in [0.717, 1.165) is 51.1 Å². The average Bonchev–Trinajstić information content (AvgIpc) is 2.64. The summed E-state index contributed by atoms with van der Waals surface area (Å²) in [5, 5.41) is 10.3. The molecule has 1 aromatic rings. The molecule has 2 heterocycles. The van der Waals surface area contributed by atoms with Gasteiger partial charge in [-0.25, -0.2) is 0 Å². The van der Waals surface area contributed by atoms with E-state index < -0.39 is 6.10 Å². The number of β-amino-alcohol motifs (C(OH)–C–C–N with tert-alkyl or cyclic N) is 1. The second kappa shape index (κ2) is 9.53. The molecule has 5 heteroatoms. The molecule has 25 heavy (non-hydrogen) atoms. The number of ether oxygens (including phenoxy) is 2. The Balaban J connectivity index is 1.31. The van der Waals surface area contributed by atoms with Gasteiger partial charge < -0.3 is 19.5 Å². The minimum atomic E-state index is -0.433. The third-order valence-corrected chi connectivity index (χ3v) is 5.26. The van der Waals surface area contributed by atoms with E-state index in [1.807, 2.05) is 24.3 Å². The first-order valence-corrected chi connectivity index (χ1v) is 9.59. The Bertz CT molecular complexity index is 494. The van der Waals surface area contributed by atoms with Crippen molar-refractivity contribution in [2.45, 2.75) is 25.9 Å². The monoisotopic (exact) mass is 348 g/mol. The predicted octanol–water partition coefficient (Wildman–Crippen LogP) is 1.78. The van der Waals surface area contributed by atoms with Crippen LogP contribution in [0.25, 0.3) is 0 Å². The molecular formula is C20H32N2O3. The first kappa shape index (κ1) is 18.6. The third-order valence-electron chi connectivity index (χ3n) is 5.26. The van der Waals surface area contributed by atoms with Crippen LogP contribution in [0.5, 0.6) is 5.75 Å². The Kier molecular flexibility index (Phi) is 7.11. The van der Waals surface area contributed by atoms with Crippen LogP contribution in [0.2, 0.25) is 0 Å². The van der Waals surface area contributed by atoms with E-state index in [9.17, 15) is 5.11 Å². The lowest BCUT2D eigenvalue weighted by molar-refractivity contribution is 0.0191. The number of rotatable bonds is 7. The van der Waals surface area contributed by atoms with E-state index in [0.29, 0.717) is 13.2 Å². The molecule has 0 aromatic heterocycles. The average molecular weight is 348 g/mol. The topological polar surface area (TPSA) is 45.2 Å². The highest BCUT2D eigenvalue weighted by Crippen LogP contribution is 2.19. The van der Waals surface area contributed by atoms with Gasteiger partial charge in [-0.05, 0) is 50.9 Å². The van der Waals surface area contributed by atoms with Crippen LogP contribution in [0, 0.1) is 12.8 Å². The van der Waals surface area contributed by atoms with E-state index in [1.54, 1.807) is 0 Å². The molecule has 2 fully saturated rings. The highest BCUT2D eigenvalue weighted by atomic mass is 16.5. The zero-order valence-corrected chi connectivity index (χ0v) is 15.4. The van der Waals surface area contributed by atoms with Crippen molar-refractivity contribution in [2.24, 2.45) is 5.92 Å². The van der Waals surface area contributed by atoms with Gasteiger partial charge in [0, 0.05) is 26.2 Å². The quantitative estimate of drug-likeness (QED) is 0.814. The van der Waals surface area contributed by atoms with E-state index in [2.05, 4.69) is 16.7 Å². The Morgan fingerprint density at radius 3 is 2.44 bits per heavy atom. The summed E-state index contributed by atoms with van der Waals surface area (Å²) in [7, 11) is 0. The van der Waals surface area contributed by atoms with Gasteiger partial charge in [-0.1, -0.05) is 17.7 Å². The minimum absolute atomic E-state index is 0.358. The number of hydrogen-bond acceptors (Lipinski definition) is 5. The largest absolute Gasteiger partial charge is 0.491 e. The maximum absolute atomic E-state index is 10.3. The number of aryl methyl sites for hydroxylation is 1. The number of benzene rings is 1. The summed E-state index contributed by atoms with van der Waals surface area (Å²) < 4.78 is 11.1. The highest BCUT2D eigenvalue weighted by Gasteiger charge is 2.23. The zero-order chi connectivity index (χ0) is 17.5. The van der Waals surface area contributed by atoms with Crippen molar-refractivity contribution in [2.75, 3.05) is 59.1 Å². The fourth-order valence-electron chi connectivity index (χ4n) is 3.68. The fraction of sp³-hybridized carbons (Fsp3) is 0.700. The summed E-state index contributed by atoms with van der Waals surface area (Å²) in [6.07, 6.45) is 2.02. The number of aliphatic hydroxyl groups excluding tert-OH is 1. The number of hydrogen-bond donors (Lipinski definition) is 1. The molecule has 140 valence electrons. The van der Waals surface area contributed by atoms with E-state index >= 15 is 0 Å². The van der Waals surface area contributed by atoms with Gasteiger partial charge in [-0.3, -0.25) is 4.90 Å². The van der Waals surface area contributed by atoms with Crippen LogP contribution >= 0.6 is 0 Å². The van der Waals surface area contributed by atoms with Gasteiger partial charge in [0.2, 0.25) is 0 Å². The van der Waals surface area contributed by atoms with Crippen LogP contribution in [0.4, 0.5) is 0 Å². The van der Waals surface area contributed by atoms with E-state index in [-0.39, 0.29) is 0 Å². The first-order valence-electron chi connectivity index (χ1n) is 9.59. The van der Waals surface area contributed by atoms with Crippen LogP contribution in [-0.2, 0) is 4.74 Å². The standard InChI is InChI=1S/C20H32N2O3/c1-17-2-4-20(5-3-17)25-16-19(23)15-21-8-6-18(7-9-21)14-22-10-12-24-13-11-22/h2-5,18-19,23H,6-16H2,1H3. The summed E-state index contributed by atoms with van der Waals surface area (Å²) in [4.78, 5) is 4.91. The molecule has 0 aliphatic carbocycles. The lowest BCUT2D eigenvalue weighted by Crippen LogP contribution is -2.44. The van der Waals surface area contributed by atoms with Crippen molar-refractivity contribution in [3.8, 4) is 5.75 Å². The molecule has 5 nitrogen and oxygen atoms in total. The van der Waals surface area contributed by atoms with Crippen molar-refractivity contribution in [3.05, 3.63) is 29.8 Å². The molecule has 2 aliphatic heterocycles.